The second-order valence-electron chi connectivity index (χ2n) is 4.78. The summed E-state index contributed by atoms with van der Waals surface area (Å²) in [5.41, 5.74) is 0.700. The van der Waals surface area contributed by atoms with E-state index in [-0.39, 0.29) is 5.28 Å². The summed E-state index contributed by atoms with van der Waals surface area (Å²) in [4.78, 5) is 19.8. The van der Waals surface area contributed by atoms with E-state index in [1.54, 1.807) is 19.2 Å². The Balaban J connectivity index is 2.21. The van der Waals surface area contributed by atoms with Crippen molar-refractivity contribution in [2.75, 3.05) is 11.9 Å². The van der Waals surface area contributed by atoms with Gasteiger partial charge in [0.25, 0.3) is 0 Å². The van der Waals surface area contributed by atoms with E-state index >= 15 is 0 Å². The first-order valence-electron chi connectivity index (χ1n) is 6.93. The van der Waals surface area contributed by atoms with Gasteiger partial charge in [-0.1, -0.05) is 12.8 Å². The number of ether oxygens (including phenoxy) is 1. The number of anilines is 1. The summed E-state index contributed by atoms with van der Waals surface area (Å²) in [6.45, 7) is 2.09. The predicted molar refractivity (Wildman–Crippen MR) is 86.5 cm³/mol. The largest absolute Gasteiger partial charge is 0.462 e. The lowest BCUT2D eigenvalue weighted by Crippen LogP contribution is -2.16. The molecule has 1 N–H and O–H groups in total. The number of hydrogen-bond acceptors (Lipinski definition) is 5. The van der Waals surface area contributed by atoms with Crippen LogP contribution in [0.5, 0.6) is 0 Å². The molecule has 1 saturated carbocycles. The lowest BCUT2D eigenvalue weighted by atomic mass is 10.2. The number of nitrogens with one attached hydrogen (secondary N) is 1. The minimum absolute atomic E-state index is 0.180. The molecule has 7 heteroatoms. The summed E-state index contributed by atoms with van der Waals surface area (Å²) in [6, 6.07) is 0.393. The van der Waals surface area contributed by atoms with Crippen molar-refractivity contribution in [2.24, 2.45) is 0 Å². The molecule has 1 aliphatic carbocycles. The third kappa shape index (κ3) is 4.68. The summed E-state index contributed by atoms with van der Waals surface area (Å²) < 4.78 is 5.26. The second kappa shape index (κ2) is 7.75. The van der Waals surface area contributed by atoms with Crippen LogP contribution in [0.4, 0.5) is 5.82 Å². The zero-order valence-corrected chi connectivity index (χ0v) is 14.1. The minimum atomic E-state index is -0.417. The number of carbonyl (C=O) groups excluding carboxylic acids is 1. The van der Waals surface area contributed by atoms with Gasteiger partial charge in [0.05, 0.1) is 6.61 Å². The third-order valence-electron chi connectivity index (χ3n) is 3.24. The van der Waals surface area contributed by atoms with Gasteiger partial charge >= 0.3 is 5.97 Å². The van der Waals surface area contributed by atoms with E-state index < -0.39 is 5.97 Å². The number of rotatable bonds is 5. The molecule has 1 aliphatic rings. The van der Waals surface area contributed by atoms with Gasteiger partial charge in [0.15, 0.2) is 0 Å². The van der Waals surface area contributed by atoms with Gasteiger partial charge in [0, 0.05) is 17.8 Å². The molecule has 1 aromatic heterocycles. The lowest BCUT2D eigenvalue weighted by Gasteiger charge is -2.14. The van der Waals surface area contributed by atoms with Crippen molar-refractivity contribution >= 4 is 45.4 Å². The van der Waals surface area contributed by atoms with Crippen LogP contribution in [0.15, 0.2) is 10.7 Å². The molecule has 0 saturated heterocycles. The van der Waals surface area contributed by atoms with Crippen LogP contribution in [0.25, 0.3) is 6.08 Å². The van der Waals surface area contributed by atoms with Crippen molar-refractivity contribution in [1.29, 1.82) is 0 Å². The van der Waals surface area contributed by atoms with Crippen molar-refractivity contribution < 1.29 is 9.53 Å². The van der Waals surface area contributed by atoms with Crippen LogP contribution in [0.1, 0.15) is 38.2 Å². The van der Waals surface area contributed by atoms with Gasteiger partial charge in [-0.15, -0.1) is 0 Å². The van der Waals surface area contributed by atoms with Crippen LogP contribution >= 0.6 is 27.5 Å². The lowest BCUT2D eigenvalue weighted by molar-refractivity contribution is -0.137. The zero-order chi connectivity index (χ0) is 15.2. The Morgan fingerprint density at radius 3 is 2.95 bits per heavy atom. The highest BCUT2D eigenvalue weighted by atomic mass is 79.9. The molecule has 0 aromatic carbocycles. The maximum atomic E-state index is 11.6. The summed E-state index contributed by atoms with van der Waals surface area (Å²) >= 11 is 9.08. The molecule has 0 radical (unpaired) electrons. The van der Waals surface area contributed by atoms with E-state index in [9.17, 15) is 4.79 Å². The Kier molecular flexibility index (Phi) is 5.99. The number of carbonyl (C=O) groups is 1. The Bertz CT molecular complexity index is 545. The zero-order valence-electron chi connectivity index (χ0n) is 11.7. The molecular weight excluding hydrogens is 358 g/mol. The molecule has 0 unspecified atom stereocenters. The normalized spacial score (nSPS) is 16.0. The maximum Gasteiger partial charge on any atom is 0.345 e. The number of hydrogen-bond donors (Lipinski definition) is 1. The molecule has 2 rings (SSSR count). The molecule has 0 aliphatic heterocycles. The Hall–Kier alpha value is -1.14. The topological polar surface area (TPSA) is 64.1 Å². The van der Waals surface area contributed by atoms with Gasteiger partial charge in [-0.3, -0.25) is 0 Å². The van der Waals surface area contributed by atoms with E-state index in [0.29, 0.717) is 28.5 Å². The highest BCUT2D eigenvalue weighted by Crippen LogP contribution is 2.25. The molecular formula is C14H17BrClN3O2. The summed E-state index contributed by atoms with van der Waals surface area (Å²) in [7, 11) is 0. The quantitative estimate of drug-likeness (QED) is 0.483. The SMILES string of the molecule is CCOC(=O)/C(Br)=C/c1cnc(Cl)nc1NC1CCCC1. The highest BCUT2D eigenvalue weighted by Gasteiger charge is 2.17. The first-order valence-corrected chi connectivity index (χ1v) is 8.10. The van der Waals surface area contributed by atoms with Crippen molar-refractivity contribution in [1.82, 2.24) is 9.97 Å². The average Bonchev–Trinajstić information content (AvgIpc) is 2.95. The standard InChI is InChI=1S/C14H17BrClN3O2/c1-2-21-13(20)11(15)7-9-8-17-14(16)19-12(9)18-10-5-3-4-6-10/h7-8,10H,2-6H2,1H3,(H,17,18,19)/b11-7-. The van der Waals surface area contributed by atoms with E-state index in [1.165, 1.54) is 12.8 Å². The van der Waals surface area contributed by atoms with Crippen LogP contribution in [-0.2, 0) is 9.53 Å². The smallest absolute Gasteiger partial charge is 0.345 e. The van der Waals surface area contributed by atoms with Crippen LogP contribution in [0.2, 0.25) is 5.28 Å². The fourth-order valence-corrected chi connectivity index (χ4v) is 2.74. The van der Waals surface area contributed by atoms with E-state index in [1.807, 2.05) is 0 Å². The molecule has 5 nitrogen and oxygen atoms in total. The van der Waals surface area contributed by atoms with Crippen LogP contribution < -0.4 is 5.32 Å². The van der Waals surface area contributed by atoms with Gasteiger partial charge in [0.2, 0.25) is 5.28 Å². The summed E-state index contributed by atoms with van der Waals surface area (Å²) in [5.74, 6) is 0.224. The molecule has 21 heavy (non-hydrogen) atoms. The van der Waals surface area contributed by atoms with Gasteiger partial charge in [-0.05, 0) is 53.4 Å². The highest BCUT2D eigenvalue weighted by molar-refractivity contribution is 9.12. The molecule has 0 spiro atoms. The Morgan fingerprint density at radius 2 is 2.29 bits per heavy atom. The average molecular weight is 375 g/mol. The molecule has 1 fully saturated rings. The van der Waals surface area contributed by atoms with Crippen molar-refractivity contribution in [3.05, 3.63) is 21.5 Å². The number of nitrogens with zero attached hydrogens (tertiary/aromatic N) is 2. The molecule has 1 aromatic rings. The monoisotopic (exact) mass is 373 g/mol. The molecule has 114 valence electrons. The van der Waals surface area contributed by atoms with Gasteiger partial charge in [-0.2, -0.15) is 0 Å². The first-order chi connectivity index (χ1) is 10.1. The minimum Gasteiger partial charge on any atom is -0.462 e. The number of halogens is 2. The van der Waals surface area contributed by atoms with Gasteiger partial charge in [-0.25, -0.2) is 14.8 Å². The van der Waals surface area contributed by atoms with Crippen LogP contribution in [0.3, 0.4) is 0 Å². The number of esters is 1. The Labute approximate surface area is 137 Å². The molecule has 0 atom stereocenters. The first kappa shape index (κ1) is 16.2. The summed E-state index contributed by atoms with van der Waals surface area (Å²) in [6.07, 6.45) is 7.90. The Morgan fingerprint density at radius 1 is 1.57 bits per heavy atom. The summed E-state index contributed by atoms with van der Waals surface area (Å²) in [5, 5.41) is 3.55. The van der Waals surface area contributed by atoms with Gasteiger partial charge < -0.3 is 10.1 Å². The van der Waals surface area contributed by atoms with E-state index in [0.717, 1.165) is 12.8 Å². The molecule has 0 amide bonds. The van der Waals surface area contributed by atoms with Crippen LogP contribution in [0, 0.1) is 0 Å². The third-order valence-corrected chi connectivity index (χ3v) is 3.97. The maximum absolute atomic E-state index is 11.6. The fraction of sp³-hybridized carbons (Fsp3) is 0.500. The fourth-order valence-electron chi connectivity index (χ4n) is 2.25. The molecule has 0 bridgehead atoms. The van der Waals surface area contributed by atoms with Gasteiger partial charge in [0.1, 0.15) is 10.3 Å². The van der Waals surface area contributed by atoms with Crippen molar-refractivity contribution in [2.45, 2.75) is 38.6 Å². The number of aromatic nitrogens is 2. The van der Waals surface area contributed by atoms with Crippen molar-refractivity contribution in [3.8, 4) is 0 Å². The molecule has 1 heterocycles. The van der Waals surface area contributed by atoms with Crippen molar-refractivity contribution in [3.63, 3.8) is 0 Å². The van der Waals surface area contributed by atoms with E-state index in [4.69, 9.17) is 16.3 Å². The predicted octanol–water partition coefficient (Wildman–Crippen LogP) is 3.78. The van der Waals surface area contributed by atoms with Crippen LogP contribution in [-0.4, -0.2) is 28.6 Å². The van der Waals surface area contributed by atoms with E-state index in [2.05, 4.69) is 31.2 Å². The second-order valence-corrected chi connectivity index (χ2v) is 5.97.